The van der Waals surface area contributed by atoms with Crippen LogP contribution in [0.1, 0.15) is 32.4 Å². The van der Waals surface area contributed by atoms with Gasteiger partial charge in [-0.25, -0.2) is 14.2 Å². The van der Waals surface area contributed by atoms with Crippen LogP contribution in [0.5, 0.6) is 0 Å². The third-order valence-corrected chi connectivity index (χ3v) is 6.40. The zero-order valence-electron chi connectivity index (χ0n) is 15.6. The first-order valence-electron chi connectivity index (χ1n) is 9.34. The smallest absolute Gasteiger partial charge is 0.408 e. The molecule has 5 nitrogen and oxygen atoms in total. The van der Waals surface area contributed by atoms with Gasteiger partial charge in [0.2, 0.25) is 0 Å². The summed E-state index contributed by atoms with van der Waals surface area (Å²) in [6.07, 6.45) is 1.80. The summed E-state index contributed by atoms with van der Waals surface area (Å²) in [5.41, 5.74) is 0.968. The van der Waals surface area contributed by atoms with Crippen LogP contribution in [0.4, 0.5) is 9.18 Å². The number of alkyl carbamates (subject to hydrolysis) is 1. The summed E-state index contributed by atoms with van der Waals surface area (Å²) in [5.74, 6) is 0.209. The molecule has 1 aromatic carbocycles. The van der Waals surface area contributed by atoms with E-state index in [1.165, 1.54) is 23.5 Å². The van der Waals surface area contributed by atoms with E-state index in [0.717, 1.165) is 48.7 Å². The predicted octanol–water partition coefficient (Wildman–Crippen LogP) is 4.00. The molecule has 4 heterocycles. The van der Waals surface area contributed by atoms with Crippen molar-refractivity contribution < 1.29 is 13.9 Å². The Labute approximate surface area is 162 Å². The number of nitrogens with one attached hydrogen (secondary N) is 1. The van der Waals surface area contributed by atoms with Gasteiger partial charge in [-0.05, 0) is 70.0 Å². The van der Waals surface area contributed by atoms with Crippen molar-refractivity contribution >= 4 is 17.4 Å². The molecule has 27 heavy (non-hydrogen) atoms. The molecule has 2 bridgehead atoms. The fraction of sp³-hybridized carbons (Fsp3) is 0.500. The molecule has 0 unspecified atom stereocenters. The Morgan fingerprint density at radius 2 is 2.00 bits per heavy atom. The quantitative estimate of drug-likeness (QED) is 0.859. The number of aromatic nitrogens is 1. The molecule has 144 valence electrons. The molecule has 0 aliphatic carbocycles. The minimum Gasteiger partial charge on any atom is -0.445 e. The fourth-order valence-corrected chi connectivity index (χ4v) is 4.81. The predicted molar refractivity (Wildman–Crippen MR) is 103 cm³/mol. The Hall–Kier alpha value is -1.99. The topological polar surface area (TPSA) is 54.5 Å². The molecule has 1 aromatic heterocycles. The summed E-state index contributed by atoms with van der Waals surface area (Å²) in [6, 6.07) is 6.26. The highest BCUT2D eigenvalue weighted by molar-refractivity contribution is 7.13. The van der Waals surface area contributed by atoms with Crippen molar-refractivity contribution in [2.75, 3.05) is 19.6 Å². The number of nitrogens with zero attached hydrogens (tertiary/aromatic N) is 2. The van der Waals surface area contributed by atoms with E-state index in [2.05, 4.69) is 15.2 Å². The first-order valence-corrected chi connectivity index (χ1v) is 10.2. The van der Waals surface area contributed by atoms with Gasteiger partial charge in [0, 0.05) is 17.5 Å². The number of thiazole rings is 1. The van der Waals surface area contributed by atoms with Crippen LogP contribution in [-0.2, 0) is 10.3 Å². The normalized spacial score (nSPS) is 24.6. The molecule has 0 saturated carbocycles. The SMILES string of the molecule is CC(C)(NC(=O)O[C@@H]1CN2CCC1CC2)c1csc(-c2ccc(F)cc2)n1. The summed E-state index contributed by atoms with van der Waals surface area (Å²) in [5, 5.41) is 5.68. The Bertz CT molecular complexity index is 813. The van der Waals surface area contributed by atoms with Crippen molar-refractivity contribution in [2.45, 2.75) is 38.3 Å². The van der Waals surface area contributed by atoms with Crippen molar-refractivity contribution in [2.24, 2.45) is 5.92 Å². The summed E-state index contributed by atoms with van der Waals surface area (Å²) in [7, 11) is 0. The van der Waals surface area contributed by atoms with E-state index in [0.29, 0.717) is 5.92 Å². The lowest BCUT2D eigenvalue weighted by atomic mass is 9.86. The van der Waals surface area contributed by atoms with E-state index >= 15 is 0 Å². The number of hydrogen-bond acceptors (Lipinski definition) is 5. The molecule has 3 fully saturated rings. The average molecular weight is 389 g/mol. The highest BCUT2D eigenvalue weighted by Gasteiger charge is 2.37. The highest BCUT2D eigenvalue weighted by atomic mass is 32.1. The van der Waals surface area contributed by atoms with Gasteiger partial charge in [-0.15, -0.1) is 11.3 Å². The van der Waals surface area contributed by atoms with Gasteiger partial charge in [0.1, 0.15) is 16.9 Å². The van der Waals surface area contributed by atoms with Crippen LogP contribution in [0.15, 0.2) is 29.6 Å². The largest absolute Gasteiger partial charge is 0.445 e. The van der Waals surface area contributed by atoms with E-state index in [4.69, 9.17) is 4.74 Å². The van der Waals surface area contributed by atoms with Crippen molar-refractivity contribution in [3.8, 4) is 10.6 Å². The average Bonchev–Trinajstić information content (AvgIpc) is 3.14. The molecule has 0 radical (unpaired) electrons. The molecule has 3 saturated heterocycles. The summed E-state index contributed by atoms with van der Waals surface area (Å²) < 4.78 is 18.8. The van der Waals surface area contributed by atoms with Crippen LogP contribution in [0, 0.1) is 11.7 Å². The van der Waals surface area contributed by atoms with Crippen molar-refractivity contribution in [3.63, 3.8) is 0 Å². The number of amides is 1. The second-order valence-corrected chi connectivity index (χ2v) is 8.73. The number of piperidine rings is 3. The van der Waals surface area contributed by atoms with Gasteiger partial charge < -0.3 is 10.1 Å². The van der Waals surface area contributed by atoms with E-state index in [1.54, 1.807) is 12.1 Å². The number of carbonyl (C=O) groups is 1. The molecule has 7 heteroatoms. The lowest BCUT2D eigenvalue weighted by molar-refractivity contribution is -0.0350. The van der Waals surface area contributed by atoms with Gasteiger partial charge in [0.15, 0.2) is 0 Å². The van der Waals surface area contributed by atoms with Gasteiger partial charge in [-0.2, -0.15) is 0 Å². The molecule has 1 N–H and O–H groups in total. The van der Waals surface area contributed by atoms with Gasteiger partial charge in [-0.3, -0.25) is 4.90 Å². The molecule has 3 aliphatic heterocycles. The van der Waals surface area contributed by atoms with Crippen molar-refractivity contribution in [1.82, 2.24) is 15.2 Å². The van der Waals surface area contributed by atoms with Gasteiger partial charge in [0.05, 0.1) is 11.2 Å². The van der Waals surface area contributed by atoms with E-state index < -0.39 is 11.6 Å². The van der Waals surface area contributed by atoms with Crippen LogP contribution in [0.25, 0.3) is 10.6 Å². The van der Waals surface area contributed by atoms with Crippen molar-refractivity contribution in [1.29, 1.82) is 0 Å². The van der Waals surface area contributed by atoms with Gasteiger partial charge in [-0.1, -0.05) is 0 Å². The number of carbonyl (C=O) groups excluding carboxylic acids is 1. The summed E-state index contributed by atoms with van der Waals surface area (Å²) in [4.78, 5) is 19.5. The number of halogens is 1. The Kier molecular flexibility index (Phi) is 4.90. The highest BCUT2D eigenvalue weighted by Crippen LogP contribution is 2.31. The Morgan fingerprint density at radius 1 is 1.30 bits per heavy atom. The fourth-order valence-electron chi connectivity index (χ4n) is 3.82. The van der Waals surface area contributed by atoms with Crippen LogP contribution in [-0.4, -0.2) is 41.7 Å². The lowest BCUT2D eigenvalue weighted by Crippen LogP contribution is -2.53. The molecule has 1 amide bonds. The number of fused-ring (bicyclic) bond motifs is 3. The Morgan fingerprint density at radius 3 is 2.63 bits per heavy atom. The number of ether oxygens (including phenoxy) is 1. The van der Waals surface area contributed by atoms with Gasteiger partial charge >= 0.3 is 6.09 Å². The molecule has 5 rings (SSSR count). The molecule has 3 aliphatic rings. The van der Waals surface area contributed by atoms with Crippen molar-refractivity contribution in [3.05, 3.63) is 41.2 Å². The van der Waals surface area contributed by atoms with E-state index in [-0.39, 0.29) is 11.9 Å². The molecular weight excluding hydrogens is 365 g/mol. The third-order valence-electron chi connectivity index (χ3n) is 5.50. The van der Waals surface area contributed by atoms with Crippen LogP contribution in [0.3, 0.4) is 0 Å². The minimum absolute atomic E-state index is 0.0199. The first-order chi connectivity index (χ1) is 12.9. The maximum Gasteiger partial charge on any atom is 0.408 e. The maximum absolute atomic E-state index is 13.1. The van der Waals surface area contributed by atoms with Crippen LogP contribution in [0.2, 0.25) is 0 Å². The van der Waals surface area contributed by atoms with E-state index in [1.807, 2.05) is 19.2 Å². The zero-order valence-corrected chi connectivity index (χ0v) is 16.4. The summed E-state index contributed by atoms with van der Waals surface area (Å²) in [6.45, 7) is 6.89. The Balaban J connectivity index is 1.41. The number of benzene rings is 1. The third kappa shape index (κ3) is 3.99. The second-order valence-electron chi connectivity index (χ2n) is 7.88. The number of rotatable bonds is 4. The first kappa shape index (κ1) is 18.4. The monoisotopic (exact) mass is 389 g/mol. The van der Waals surface area contributed by atoms with Crippen LogP contribution >= 0.6 is 11.3 Å². The van der Waals surface area contributed by atoms with E-state index in [9.17, 15) is 9.18 Å². The lowest BCUT2D eigenvalue weighted by Gasteiger charge is -2.44. The second kappa shape index (κ2) is 7.20. The minimum atomic E-state index is -0.653. The summed E-state index contributed by atoms with van der Waals surface area (Å²) >= 11 is 1.48. The molecule has 2 aromatic rings. The maximum atomic E-state index is 13.1. The number of hydrogen-bond donors (Lipinski definition) is 1. The van der Waals surface area contributed by atoms with Gasteiger partial charge in [0.25, 0.3) is 0 Å². The standard InChI is InChI=1S/C20H24FN3O2S/c1-20(2,17-12-27-18(22-17)14-3-5-15(21)6-4-14)23-19(25)26-16-11-24-9-7-13(16)8-10-24/h3-6,12-13,16H,7-11H2,1-2H3,(H,23,25)/t16-/m1/s1. The molecule has 0 spiro atoms. The molecular formula is C20H24FN3O2S. The zero-order chi connectivity index (χ0) is 19.0. The molecule has 1 atom stereocenters. The van der Waals surface area contributed by atoms with Crippen LogP contribution < -0.4 is 5.32 Å².